The van der Waals surface area contributed by atoms with Crippen molar-refractivity contribution in [2.75, 3.05) is 13.2 Å². The van der Waals surface area contributed by atoms with Gasteiger partial charge < -0.3 is 14.6 Å². The number of halogens is 2. The van der Waals surface area contributed by atoms with Crippen LogP contribution in [0.5, 0.6) is 5.75 Å². The van der Waals surface area contributed by atoms with Crippen LogP contribution in [0.3, 0.4) is 0 Å². The van der Waals surface area contributed by atoms with Crippen molar-refractivity contribution in [2.45, 2.75) is 25.9 Å². The van der Waals surface area contributed by atoms with Gasteiger partial charge in [-0.15, -0.1) is 0 Å². The zero-order valence-corrected chi connectivity index (χ0v) is 11.8. The predicted molar refractivity (Wildman–Crippen MR) is 71.2 cm³/mol. The van der Waals surface area contributed by atoms with Crippen molar-refractivity contribution in [3.63, 3.8) is 0 Å². The Morgan fingerprint density at radius 1 is 1.55 bits per heavy atom. The molecule has 2 rings (SSSR count). The highest BCUT2D eigenvalue weighted by Gasteiger charge is 2.27. The second-order valence-corrected chi connectivity index (χ2v) is 5.12. The summed E-state index contributed by atoms with van der Waals surface area (Å²) in [5, 5.41) is 9.98. The molecule has 0 aromatic heterocycles. The smallest absolute Gasteiger partial charge is 0.339 e. The van der Waals surface area contributed by atoms with Gasteiger partial charge in [0.25, 0.3) is 0 Å². The number of aliphatic hydroxyl groups excluding tert-OH is 1. The highest BCUT2D eigenvalue weighted by molar-refractivity contribution is 6.32. The zero-order valence-electron chi connectivity index (χ0n) is 11.1. The number of rotatable bonds is 6. The molecule has 110 valence electrons. The van der Waals surface area contributed by atoms with Crippen LogP contribution in [0.15, 0.2) is 12.1 Å². The summed E-state index contributed by atoms with van der Waals surface area (Å²) in [6.07, 6.45) is 0.542. The van der Waals surface area contributed by atoms with Crippen LogP contribution in [-0.2, 0) is 9.53 Å². The summed E-state index contributed by atoms with van der Waals surface area (Å²) in [6, 6.07) is 2.13. The number of carbonyl (C=O) groups excluding carboxylic acids is 1. The molecule has 6 heteroatoms. The maximum Gasteiger partial charge on any atom is 0.339 e. The van der Waals surface area contributed by atoms with E-state index in [2.05, 4.69) is 0 Å². The van der Waals surface area contributed by atoms with E-state index in [0.717, 1.165) is 25.0 Å². The molecule has 1 aromatic rings. The van der Waals surface area contributed by atoms with Gasteiger partial charge in [0.15, 0.2) is 6.10 Å². The average Bonchev–Trinajstić information content (AvgIpc) is 3.20. The SMILES string of the molecule is CCOC(=O)C(O)c1cc(F)cc(Cl)c1OCC1CC1. The monoisotopic (exact) mass is 302 g/mol. The number of aliphatic hydroxyl groups is 1. The maximum atomic E-state index is 13.4. The van der Waals surface area contributed by atoms with E-state index in [-0.39, 0.29) is 22.9 Å². The van der Waals surface area contributed by atoms with E-state index in [1.54, 1.807) is 6.92 Å². The molecule has 0 heterocycles. The van der Waals surface area contributed by atoms with Gasteiger partial charge in [0.2, 0.25) is 0 Å². The van der Waals surface area contributed by atoms with Crippen LogP contribution >= 0.6 is 11.6 Å². The number of ether oxygens (including phenoxy) is 2. The molecule has 1 fully saturated rings. The molecule has 1 aliphatic carbocycles. The third-order valence-corrected chi connectivity index (χ3v) is 3.28. The maximum absolute atomic E-state index is 13.4. The first-order chi connectivity index (χ1) is 9.52. The van der Waals surface area contributed by atoms with Gasteiger partial charge in [-0.05, 0) is 37.8 Å². The summed E-state index contributed by atoms with van der Waals surface area (Å²) in [5.41, 5.74) is -0.00546. The molecule has 0 saturated heterocycles. The van der Waals surface area contributed by atoms with Gasteiger partial charge in [-0.25, -0.2) is 9.18 Å². The Kier molecular flexibility index (Phi) is 4.83. The number of carbonyl (C=O) groups is 1. The first-order valence-electron chi connectivity index (χ1n) is 6.49. The minimum absolute atomic E-state index is 0.00546. The Balaban J connectivity index is 2.25. The van der Waals surface area contributed by atoms with Crippen LogP contribution in [-0.4, -0.2) is 24.3 Å². The van der Waals surface area contributed by atoms with Gasteiger partial charge in [-0.2, -0.15) is 0 Å². The second-order valence-electron chi connectivity index (χ2n) is 4.71. The number of hydrogen-bond acceptors (Lipinski definition) is 4. The van der Waals surface area contributed by atoms with E-state index in [4.69, 9.17) is 21.1 Å². The normalized spacial score (nSPS) is 15.8. The van der Waals surface area contributed by atoms with E-state index >= 15 is 0 Å². The molecule has 0 radical (unpaired) electrons. The third kappa shape index (κ3) is 3.61. The molecule has 0 bridgehead atoms. The number of esters is 1. The van der Waals surface area contributed by atoms with Crippen molar-refractivity contribution in [1.82, 2.24) is 0 Å². The molecule has 0 spiro atoms. The topological polar surface area (TPSA) is 55.8 Å². The molecule has 0 aliphatic heterocycles. The summed E-state index contributed by atoms with van der Waals surface area (Å²) in [7, 11) is 0. The summed E-state index contributed by atoms with van der Waals surface area (Å²) >= 11 is 5.94. The standard InChI is InChI=1S/C14H16ClFO4/c1-2-19-14(18)12(17)10-5-9(16)6-11(15)13(10)20-7-8-3-4-8/h5-6,8,12,17H,2-4,7H2,1H3. The molecule has 1 unspecified atom stereocenters. The molecule has 0 amide bonds. The van der Waals surface area contributed by atoms with Gasteiger partial charge in [0, 0.05) is 5.56 Å². The lowest BCUT2D eigenvalue weighted by atomic mass is 10.1. The third-order valence-electron chi connectivity index (χ3n) is 3.00. The number of benzene rings is 1. The van der Waals surface area contributed by atoms with Gasteiger partial charge >= 0.3 is 5.97 Å². The molecular weight excluding hydrogens is 287 g/mol. The highest BCUT2D eigenvalue weighted by Crippen LogP contribution is 2.37. The van der Waals surface area contributed by atoms with Crippen molar-refractivity contribution in [3.8, 4) is 5.75 Å². The molecule has 20 heavy (non-hydrogen) atoms. The molecule has 1 N–H and O–H groups in total. The molecule has 1 aliphatic rings. The van der Waals surface area contributed by atoms with Crippen molar-refractivity contribution in [1.29, 1.82) is 0 Å². The quantitative estimate of drug-likeness (QED) is 0.821. The fourth-order valence-electron chi connectivity index (χ4n) is 1.77. The first-order valence-corrected chi connectivity index (χ1v) is 6.87. The first kappa shape index (κ1) is 15.1. The summed E-state index contributed by atoms with van der Waals surface area (Å²) in [4.78, 5) is 11.6. The Morgan fingerprint density at radius 2 is 2.25 bits per heavy atom. The van der Waals surface area contributed by atoms with E-state index in [0.29, 0.717) is 12.5 Å². The lowest BCUT2D eigenvalue weighted by Gasteiger charge is -2.16. The summed E-state index contributed by atoms with van der Waals surface area (Å²) in [6.45, 7) is 2.18. The van der Waals surface area contributed by atoms with Gasteiger partial charge in [-0.1, -0.05) is 11.6 Å². The Labute approximate surface area is 121 Å². The average molecular weight is 303 g/mol. The number of hydrogen-bond donors (Lipinski definition) is 1. The van der Waals surface area contributed by atoms with E-state index < -0.39 is 17.9 Å². The van der Waals surface area contributed by atoms with Gasteiger partial charge in [0.05, 0.1) is 18.2 Å². The minimum Gasteiger partial charge on any atom is -0.491 e. The van der Waals surface area contributed by atoms with Crippen molar-refractivity contribution in [3.05, 3.63) is 28.5 Å². The molecule has 4 nitrogen and oxygen atoms in total. The van der Waals surface area contributed by atoms with Crippen molar-refractivity contribution < 1.29 is 23.8 Å². The van der Waals surface area contributed by atoms with Crippen LogP contribution in [0, 0.1) is 11.7 Å². The second kappa shape index (κ2) is 6.41. The molecule has 1 saturated carbocycles. The highest BCUT2D eigenvalue weighted by atomic mass is 35.5. The van der Waals surface area contributed by atoms with Crippen LogP contribution in [0.2, 0.25) is 5.02 Å². The lowest BCUT2D eigenvalue weighted by molar-refractivity contribution is -0.153. The molecule has 1 aromatic carbocycles. The fourth-order valence-corrected chi connectivity index (χ4v) is 2.04. The largest absolute Gasteiger partial charge is 0.491 e. The minimum atomic E-state index is -1.61. The summed E-state index contributed by atoms with van der Waals surface area (Å²) in [5.74, 6) is -0.901. The lowest BCUT2D eigenvalue weighted by Crippen LogP contribution is -2.17. The van der Waals surface area contributed by atoms with Crippen molar-refractivity contribution in [2.24, 2.45) is 5.92 Å². The van der Waals surface area contributed by atoms with E-state index in [9.17, 15) is 14.3 Å². The predicted octanol–water partition coefficient (Wildman–Crippen LogP) is 2.86. The van der Waals surface area contributed by atoms with Crippen LogP contribution < -0.4 is 4.74 Å². The van der Waals surface area contributed by atoms with E-state index in [1.165, 1.54) is 0 Å². The Bertz CT molecular complexity index is 502. The zero-order chi connectivity index (χ0) is 14.7. The van der Waals surface area contributed by atoms with Gasteiger partial charge in [0.1, 0.15) is 11.6 Å². The molecule has 1 atom stereocenters. The van der Waals surface area contributed by atoms with Crippen LogP contribution in [0.25, 0.3) is 0 Å². The van der Waals surface area contributed by atoms with Gasteiger partial charge in [-0.3, -0.25) is 0 Å². The fraction of sp³-hybridized carbons (Fsp3) is 0.500. The Morgan fingerprint density at radius 3 is 2.85 bits per heavy atom. The Hall–Kier alpha value is -1.33. The van der Waals surface area contributed by atoms with Crippen LogP contribution in [0.1, 0.15) is 31.4 Å². The molecular formula is C14H16ClFO4. The van der Waals surface area contributed by atoms with Crippen molar-refractivity contribution >= 4 is 17.6 Å². The summed E-state index contributed by atoms with van der Waals surface area (Å²) < 4.78 is 23.7. The van der Waals surface area contributed by atoms with Crippen LogP contribution in [0.4, 0.5) is 4.39 Å². The van der Waals surface area contributed by atoms with E-state index in [1.807, 2.05) is 0 Å².